The second-order valence-electron chi connectivity index (χ2n) is 5.90. The van der Waals surface area contributed by atoms with Gasteiger partial charge in [0, 0.05) is 32.2 Å². The van der Waals surface area contributed by atoms with Gasteiger partial charge in [-0.05, 0) is 31.1 Å². The zero-order valence-corrected chi connectivity index (χ0v) is 11.0. The molecule has 0 bridgehead atoms. The van der Waals surface area contributed by atoms with E-state index in [1.807, 2.05) is 0 Å². The third kappa shape index (κ3) is 3.21. The molecule has 0 radical (unpaired) electrons. The number of hydrogen-bond donors (Lipinski definition) is 1. The summed E-state index contributed by atoms with van der Waals surface area (Å²) < 4.78 is 0. The summed E-state index contributed by atoms with van der Waals surface area (Å²) in [6, 6.07) is 0.797. The molecular formula is C14H28N2. The van der Waals surface area contributed by atoms with Gasteiger partial charge in [-0.15, -0.1) is 0 Å². The van der Waals surface area contributed by atoms with Gasteiger partial charge in [-0.25, -0.2) is 0 Å². The highest BCUT2D eigenvalue weighted by Gasteiger charge is 2.25. The van der Waals surface area contributed by atoms with E-state index < -0.39 is 0 Å². The maximum absolute atomic E-state index is 3.52. The molecule has 2 fully saturated rings. The summed E-state index contributed by atoms with van der Waals surface area (Å²) in [5, 5.41) is 3.52. The first kappa shape index (κ1) is 12.4. The molecule has 0 aromatic heterocycles. The molecule has 1 aliphatic carbocycles. The summed E-state index contributed by atoms with van der Waals surface area (Å²) in [4.78, 5) is 2.75. The molecule has 94 valence electrons. The van der Waals surface area contributed by atoms with E-state index in [0.29, 0.717) is 0 Å². The van der Waals surface area contributed by atoms with Crippen LogP contribution < -0.4 is 5.32 Å². The highest BCUT2D eigenvalue weighted by Crippen LogP contribution is 2.29. The molecule has 1 N–H and O–H groups in total. The normalized spacial score (nSPS) is 37.5. The van der Waals surface area contributed by atoms with Gasteiger partial charge in [0.05, 0.1) is 0 Å². The van der Waals surface area contributed by atoms with Crippen molar-refractivity contribution in [2.45, 2.75) is 52.0 Å². The molecule has 2 nitrogen and oxygen atoms in total. The van der Waals surface area contributed by atoms with E-state index in [9.17, 15) is 0 Å². The Bertz CT molecular complexity index is 205. The summed E-state index contributed by atoms with van der Waals surface area (Å²) in [6.07, 6.45) is 7.18. The van der Waals surface area contributed by atoms with E-state index in [1.54, 1.807) is 0 Å². The second-order valence-corrected chi connectivity index (χ2v) is 5.90. The van der Waals surface area contributed by atoms with Crippen LogP contribution in [0.15, 0.2) is 0 Å². The van der Waals surface area contributed by atoms with Gasteiger partial charge in [-0.1, -0.05) is 26.7 Å². The average Bonchev–Trinajstić information content (AvgIpc) is 2.30. The van der Waals surface area contributed by atoms with Crippen molar-refractivity contribution in [2.75, 3.05) is 26.2 Å². The van der Waals surface area contributed by atoms with Gasteiger partial charge in [0.2, 0.25) is 0 Å². The molecule has 0 aromatic carbocycles. The number of nitrogens with one attached hydrogen (secondary N) is 1. The number of piperazine rings is 1. The standard InChI is InChI=1S/C14H28N2/c1-3-14-10-15-7-8-16(14)11-13-6-4-5-12(2)9-13/h12-15H,3-11H2,1-2H3. The predicted octanol–water partition coefficient (Wildman–Crippen LogP) is 2.50. The van der Waals surface area contributed by atoms with Crippen molar-refractivity contribution in [3.8, 4) is 0 Å². The van der Waals surface area contributed by atoms with Crippen LogP contribution in [0.4, 0.5) is 0 Å². The first-order valence-electron chi connectivity index (χ1n) is 7.24. The van der Waals surface area contributed by atoms with E-state index in [-0.39, 0.29) is 0 Å². The molecule has 1 saturated heterocycles. The lowest BCUT2D eigenvalue weighted by Crippen LogP contribution is -2.52. The molecule has 2 heteroatoms. The lowest BCUT2D eigenvalue weighted by Gasteiger charge is -2.39. The maximum Gasteiger partial charge on any atom is 0.0218 e. The minimum Gasteiger partial charge on any atom is -0.314 e. The van der Waals surface area contributed by atoms with Gasteiger partial charge in [0.1, 0.15) is 0 Å². The molecule has 2 rings (SSSR count). The predicted molar refractivity (Wildman–Crippen MR) is 69.6 cm³/mol. The van der Waals surface area contributed by atoms with Gasteiger partial charge < -0.3 is 5.32 Å². The van der Waals surface area contributed by atoms with Gasteiger partial charge in [-0.3, -0.25) is 4.90 Å². The molecule has 3 unspecified atom stereocenters. The van der Waals surface area contributed by atoms with Gasteiger partial charge in [0.15, 0.2) is 0 Å². The van der Waals surface area contributed by atoms with Gasteiger partial charge in [-0.2, -0.15) is 0 Å². The van der Waals surface area contributed by atoms with Crippen LogP contribution in [-0.4, -0.2) is 37.1 Å². The quantitative estimate of drug-likeness (QED) is 0.792. The fourth-order valence-corrected chi connectivity index (χ4v) is 3.50. The Labute approximate surface area is 101 Å². The summed E-state index contributed by atoms with van der Waals surface area (Å²) in [7, 11) is 0. The summed E-state index contributed by atoms with van der Waals surface area (Å²) in [6.45, 7) is 9.79. The smallest absolute Gasteiger partial charge is 0.0218 e. The van der Waals surface area contributed by atoms with Crippen molar-refractivity contribution in [2.24, 2.45) is 11.8 Å². The molecule has 2 aliphatic rings. The van der Waals surface area contributed by atoms with E-state index in [4.69, 9.17) is 0 Å². The molecule has 1 aliphatic heterocycles. The Balaban J connectivity index is 1.82. The Morgan fingerprint density at radius 1 is 1.31 bits per heavy atom. The van der Waals surface area contributed by atoms with Crippen molar-refractivity contribution in [3.63, 3.8) is 0 Å². The largest absolute Gasteiger partial charge is 0.314 e. The maximum atomic E-state index is 3.52. The van der Waals surface area contributed by atoms with Crippen LogP contribution in [0.2, 0.25) is 0 Å². The summed E-state index contributed by atoms with van der Waals surface area (Å²) in [5.41, 5.74) is 0. The Hall–Kier alpha value is -0.0800. The van der Waals surface area contributed by atoms with Crippen LogP contribution in [0.1, 0.15) is 46.0 Å². The second kappa shape index (κ2) is 6.02. The molecular weight excluding hydrogens is 196 g/mol. The highest BCUT2D eigenvalue weighted by atomic mass is 15.2. The molecule has 0 amide bonds. The molecule has 3 atom stereocenters. The third-order valence-electron chi connectivity index (χ3n) is 4.48. The molecule has 1 saturated carbocycles. The lowest BCUT2D eigenvalue weighted by molar-refractivity contribution is 0.112. The first-order valence-corrected chi connectivity index (χ1v) is 7.24. The molecule has 1 heterocycles. The zero-order valence-electron chi connectivity index (χ0n) is 11.0. The van der Waals surface area contributed by atoms with Crippen LogP contribution >= 0.6 is 0 Å². The van der Waals surface area contributed by atoms with E-state index in [1.165, 1.54) is 58.3 Å². The van der Waals surface area contributed by atoms with Crippen LogP contribution in [0.25, 0.3) is 0 Å². The highest BCUT2D eigenvalue weighted by molar-refractivity contribution is 4.82. The Morgan fingerprint density at radius 2 is 2.19 bits per heavy atom. The van der Waals surface area contributed by atoms with E-state index >= 15 is 0 Å². The number of rotatable bonds is 3. The minimum atomic E-state index is 0.797. The molecule has 16 heavy (non-hydrogen) atoms. The van der Waals surface area contributed by atoms with Crippen molar-refractivity contribution < 1.29 is 0 Å². The summed E-state index contributed by atoms with van der Waals surface area (Å²) in [5.74, 6) is 1.96. The molecule has 0 aromatic rings. The Kier molecular flexibility index (Phi) is 4.66. The zero-order chi connectivity index (χ0) is 11.4. The summed E-state index contributed by atoms with van der Waals surface area (Å²) >= 11 is 0. The van der Waals surface area contributed by atoms with Crippen molar-refractivity contribution in [1.29, 1.82) is 0 Å². The monoisotopic (exact) mass is 224 g/mol. The van der Waals surface area contributed by atoms with Crippen LogP contribution in [0.3, 0.4) is 0 Å². The molecule has 0 spiro atoms. The third-order valence-corrected chi connectivity index (χ3v) is 4.48. The lowest BCUT2D eigenvalue weighted by atomic mass is 9.82. The fraction of sp³-hybridized carbons (Fsp3) is 1.00. The van der Waals surface area contributed by atoms with E-state index in [2.05, 4.69) is 24.1 Å². The van der Waals surface area contributed by atoms with Crippen molar-refractivity contribution in [1.82, 2.24) is 10.2 Å². The van der Waals surface area contributed by atoms with Crippen LogP contribution in [0.5, 0.6) is 0 Å². The SMILES string of the molecule is CCC1CNCCN1CC1CCCC(C)C1. The number of hydrogen-bond acceptors (Lipinski definition) is 2. The van der Waals surface area contributed by atoms with E-state index in [0.717, 1.165) is 17.9 Å². The minimum absolute atomic E-state index is 0.797. The Morgan fingerprint density at radius 3 is 2.94 bits per heavy atom. The van der Waals surface area contributed by atoms with Gasteiger partial charge >= 0.3 is 0 Å². The topological polar surface area (TPSA) is 15.3 Å². The van der Waals surface area contributed by atoms with Crippen molar-refractivity contribution >= 4 is 0 Å². The first-order chi connectivity index (χ1) is 7.79. The van der Waals surface area contributed by atoms with Crippen molar-refractivity contribution in [3.05, 3.63) is 0 Å². The number of nitrogens with zero attached hydrogens (tertiary/aromatic N) is 1. The fourth-order valence-electron chi connectivity index (χ4n) is 3.50. The average molecular weight is 224 g/mol. The van der Waals surface area contributed by atoms with Crippen LogP contribution in [-0.2, 0) is 0 Å². The van der Waals surface area contributed by atoms with Crippen LogP contribution in [0, 0.1) is 11.8 Å². The van der Waals surface area contributed by atoms with Gasteiger partial charge in [0.25, 0.3) is 0 Å².